The lowest BCUT2D eigenvalue weighted by Crippen LogP contribution is -2.37. The number of hydrogen-bond donors (Lipinski definition) is 2. The summed E-state index contributed by atoms with van der Waals surface area (Å²) in [4.78, 5) is 33.3. The van der Waals surface area contributed by atoms with Crippen molar-refractivity contribution in [1.82, 2.24) is 14.9 Å². The van der Waals surface area contributed by atoms with Gasteiger partial charge in [0.05, 0.1) is 19.3 Å². The number of carbonyl (C=O) groups is 1. The van der Waals surface area contributed by atoms with E-state index in [1.165, 1.54) is 12.1 Å². The molecule has 0 saturated heterocycles. The van der Waals surface area contributed by atoms with E-state index in [1.54, 1.807) is 24.1 Å². The minimum Gasteiger partial charge on any atom is -0.373 e. The molecule has 7 heteroatoms. The van der Waals surface area contributed by atoms with Gasteiger partial charge in [-0.2, -0.15) is 0 Å². The molecule has 0 aliphatic carbocycles. The van der Waals surface area contributed by atoms with Crippen LogP contribution in [0.2, 0.25) is 0 Å². The van der Waals surface area contributed by atoms with Crippen molar-refractivity contribution in [2.75, 3.05) is 13.7 Å². The maximum atomic E-state index is 14.1. The summed E-state index contributed by atoms with van der Waals surface area (Å²) >= 11 is 0. The van der Waals surface area contributed by atoms with E-state index in [9.17, 15) is 14.0 Å². The second-order valence-electron chi connectivity index (χ2n) is 7.73. The van der Waals surface area contributed by atoms with Gasteiger partial charge >= 0.3 is 0 Å². The molecule has 0 radical (unpaired) electrons. The van der Waals surface area contributed by atoms with Crippen LogP contribution in [0.5, 0.6) is 0 Å². The molecule has 0 spiro atoms. The van der Waals surface area contributed by atoms with E-state index < -0.39 is 0 Å². The average Bonchev–Trinajstić information content (AvgIpc) is 3.18. The molecule has 1 aliphatic heterocycles. The summed E-state index contributed by atoms with van der Waals surface area (Å²) in [6.45, 7) is 2.52. The summed E-state index contributed by atoms with van der Waals surface area (Å²) in [7, 11) is 1.69. The molecule has 1 atom stereocenters. The van der Waals surface area contributed by atoms with Crippen LogP contribution in [0.15, 0.2) is 47.3 Å². The number of ether oxygens (including phenoxy) is 1. The first-order chi connectivity index (χ1) is 14.4. The van der Waals surface area contributed by atoms with Gasteiger partial charge in [0.2, 0.25) is 0 Å². The highest BCUT2D eigenvalue weighted by Crippen LogP contribution is 2.34. The van der Waals surface area contributed by atoms with Crippen LogP contribution in [-0.2, 0) is 11.3 Å². The van der Waals surface area contributed by atoms with Gasteiger partial charge in [-0.05, 0) is 36.6 Å². The molecule has 152 valence electrons. The summed E-state index contributed by atoms with van der Waals surface area (Å²) in [5.74, 6) is -0.658. The van der Waals surface area contributed by atoms with Gasteiger partial charge in [-0.15, -0.1) is 0 Å². The Morgan fingerprint density at radius 2 is 1.97 bits per heavy atom. The zero-order valence-electron chi connectivity index (χ0n) is 16.6. The predicted octanol–water partition coefficient (Wildman–Crippen LogP) is 3.80. The fourth-order valence-corrected chi connectivity index (χ4v) is 4.24. The Balaban J connectivity index is 1.60. The lowest BCUT2D eigenvalue weighted by Gasteiger charge is -2.33. The molecule has 5 rings (SSSR count). The van der Waals surface area contributed by atoms with Gasteiger partial charge in [-0.3, -0.25) is 9.59 Å². The molecule has 1 unspecified atom stereocenters. The highest BCUT2D eigenvalue weighted by molar-refractivity contribution is 5.98. The number of aryl methyl sites for hydroxylation is 1. The maximum Gasteiger partial charge on any atom is 0.270 e. The van der Waals surface area contributed by atoms with Crippen molar-refractivity contribution < 1.29 is 13.9 Å². The molecule has 1 aliphatic rings. The summed E-state index contributed by atoms with van der Waals surface area (Å²) in [5.41, 5.74) is 3.24. The van der Waals surface area contributed by atoms with E-state index >= 15 is 0 Å². The van der Waals surface area contributed by atoms with Crippen LogP contribution in [-0.4, -0.2) is 34.4 Å². The zero-order valence-corrected chi connectivity index (χ0v) is 16.6. The van der Waals surface area contributed by atoms with Crippen LogP contribution < -0.4 is 5.56 Å². The Labute approximate surface area is 171 Å². The topological polar surface area (TPSA) is 78.2 Å². The van der Waals surface area contributed by atoms with E-state index in [0.29, 0.717) is 34.3 Å². The van der Waals surface area contributed by atoms with Crippen molar-refractivity contribution in [3.05, 3.63) is 81.2 Å². The predicted molar refractivity (Wildman–Crippen MR) is 112 cm³/mol. The fourth-order valence-electron chi connectivity index (χ4n) is 4.24. The number of aromatic nitrogens is 2. The van der Waals surface area contributed by atoms with Gasteiger partial charge in [-0.25, -0.2) is 4.39 Å². The molecule has 0 fully saturated rings. The number of nitrogens with zero attached hydrogens (tertiary/aromatic N) is 1. The number of likely N-dealkylation sites (N-methyl/N-ethyl adjacent to an activating group) is 1. The first-order valence-electron chi connectivity index (χ1n) is 9.71. The van der Waals surface area contributed by atoms with Crippen molar-refractivity contribution in [2.24, 2.45) is 0 Å². The number of rotatable bonds is 2. The van der Waals surface area contributed by atoms with Crippen LogP contribution in [0, 0.1) is 12.7 Å². The Morgan fingerprint density at radius 1 is 1.13 bits per heavy atom. The van der Waals surface area contributed by atoms with Crippen LogP contribution in [0.4, 0.5) is 4.39 Å². The van der Waals surface area contributed by atoms with Gasteiger partial charge in [0.1, 0.15) is 11.5 Å². The second-order valence-corrected chi connectivity index (χ2v) is 7.73. The Bertz CT molecular complexity index is 1370. The molecule has 2 aromatic carbocycles. The standard InChI is InChI=1S/C23H20FN3O3/c1-12-6-7-13-14(8-12)22(28)26-19-10-30-11-20(21(13)19)27(2)23(29)18-9-15-16(24)4-3-5-17(15)25-18/h3-9,20,25H,10-11H2,1-2H3,(H,26,28). The van der Waals surface area contributed by atoms with E-state index in [2.05, 4.69) is 9.97 Å². The number of hydrogen-bond acceptors (Lipinski definition) is 3. The van der Waals surface area contributed by atoms with Gasteiger partial charge < -0.3 is 19.6 Å². The van der Waals surface area contributed by atoms with Crippen LogP contribution in [0.3, 0.4) is 0 Å². The Kier molecular flexibility index (Phi) is 4.22. The minimum atomic E-state index is -0.389. The number of benzene rings is 2. The maximum absolute atomic E-state index is 14.1. The normalized spacial score (nSPS) is 16.0. The summed E-state index contributed by atoms with van der Waals surface area (Å²) in [5, 5.41) is 1.78. The molecule has 0 saturated carbocycles. The van der Waals surface area contributed by atoms with Crippen LogP contribution in [0.25, 0.3) is 21.7 Å². The highest BCUT2D eigenvalue weighted by atomic mass is 19.1. The SMILES string of the molecule is Cc1ccc2c3c([nH]c(=O)c2c1)COCC3N(C)C(=O)c1cc2c(F)cccc2[nH]1. The summed E-state index contributed by atoms with van der Waals surface area (Å²) in [6.07, 6.45) is 0. The van der Waals surface area contributed by atoms with Gasteiger partial charge in [0.25, 0.3) is 11.5 Å². The molecular formula is C23H20FN3O3. The van der Waals surface area contributed by atoms with Crippen molar-refractivity contribution in [1.29, 1.82) is 0 Å². The van der Waals surface area contributed by atoms with E-state index in [0.717, 1.165) is 16.5 Å². The molecular weight excluding hydrogens is 385 g/mol. The fraction of sp³-hybridized carbons (Fsp3) is 0.217. The largest absolute Gasteiger partial charge is 0.373 e. The minimum absolute atomic E-state index is 0.170. The first-order valence-corrected chi connectivity index (χ1v) is 9.71. The lowest BCUT2D eigenvalue weighted by atomic mass is 9.94. The third-order valence-electron chi connectivity index (χ3n) is 5.78. The molecule has 30 heavy (non-hydrogen) atoms. The number of amides is 1. The average molecular weight is 405 g/mol. The third-order valence-corrected chi connectivity index (χ3v) is 5.78. The van der Waals surface area contributed by atoms with Crippen LogP contribution >= 0.6 is 0 Å². The Hall–Kier alpha value is -3.45. The smallest absolute Gasteiger partial charge is 0.270 e. The number of carbonyl (C=O) groups excluding carboxylic acids is 1. The van der Waals surface area contributed by atoms with E-state index in [4.69, 9.17) is 4.74 Å². The second kappa shape index (κ2) is 6.81. The summed E-state index contributed by atoms with van der Waals surface area (Å²) in [6, 6.07) is 11.6. The zero-order chi connectivity index (χ0) is 21.0. The number of aromatic amines is 2. The van der Waals surface area contributed by atoms with Crippen molar-refractivity contribution in [3.63, 3.8) is 0 Å². The van der Waals surface area contributed by atoms with Crippen molar-refractivity contribution in [3.8, 4) is 0 Å². The highest BCUT2D eigenvalue weighted by Gasteiger charge is 2.31. The molecule has 2 aromatic heterocycles. The monoisotopic (exact) mass is 405 g/mol. The number of halogens is 1. The van der Waals surface area contributed by atoms with Gasteiger partial charge in [-0.1, -0.05) is 23.8 Å². The quantitative estimate of drug-likeness (QED) is 0.533. The first kappa shape index (κ1) is 18.6. The van der Waals surface area contributed by atoms with E-state index in [1.807, 2.05) is 25.1 Å². The molecule has 2 N–H and O–H groups in total. The van der Waals surface area contributed by atoms with Gasteiger partial charge in [0.15, 0.2) is 0 Å². The number of nitrogens with one attached hydrogen (secondary N) is 2. The molecule has 1 amide bonds. The summed E-state index contributed by atoms with van der Waals surface area (Å²) < 4.78 is 19.7. The number of H-pyrrole nitrogens is 2. The lowest BCUT2D eigenvalue weighted by molar-refractivity contribution is 0.0333. The molecule has 4 aromatic rings. The van der Waals surface area contributed by atoms with Crippen molar-refractivity contribution >= 4 is 27.6 Å². The van der Waals surface area contributed by atoms with E-state index in [-0.39, 0.29) is 29.9 Å². The molecule has 3 heterocycles. The molecule has 6 nitrogen and oxygen atoms in total. The third kappa shape index (κ3) is 2.81. The Morgan fingerprint density at radius 3 is 2.77 bits per heavy atom. The van der Waals surface area contributed by atoms with Gasteiger partial charge in [0, 0.05) is 34.6 Å². The molecule has 0 bridgehead atoms. The number of fused-ring (bicyclic) bond motifs is 4. The van der Waals surface area contributed by atoms with Crippen molar-refractivity contribution in [2.45, 2.75) is 19.6 Å². The number of pyridine rings is 1. The van der Waals surface area contributed by atoms with Crippen LogP contribution in [0.1, 0.15) is 33.4 Å².